The van der Waals surface area contributed by atoms with E-state index < -0.39 is 0 Å². The number of aryl methyl sites for hydroxylation is 1. The average molecular weight is 363 g/mol. The van der Waals surface area contributed by atoms with E-state index in [1.165, 1.54) is 16.7 Å². The van der Waals surface area contributed by atoms with Gasteiger partial charge in [-0.25, -0.2) is 0 Å². The summed E-state index contributed by atoms with van der Waals surface area (Å²) in [6.45, 7) is 3.33. The molecule has 0 amide bonds. The van der Waals surface area contributed by atoms with Crippen molar-refractivity contribution in [2.24, 2.45) is 5.73 Å². The van der Waals surface area contributed by atoms with Gasteiger partial charge in [-0.15, -0.1) is 0 Å². The van der Waals surface area contributed by atoms with Gasteiger partial charge in [-0.1, -0.05) is 18.2 Å². The van der Waals surface area contributed by atoms with Gasteiger partial charge in [-0.3, -0.25) is 0 Å². The average Bonchev–Trinajstić information content (AvgIpc) is 3.34. The highest BCUT2D eigenvalue weighted by Crippen LogP contribution is 2.47. The maximum atomic E-state index is 5.86. The van der Waals surface area contributed by atoms with E-state index in [1.807, 2.05) is 12.1 Å². The molecular formula is C22H21NO4. The Hall–Kier alpha value is -2.92. The molecule has 2 heterocycles. The van der Waals surface area contributed by atoms with Crippen LogP contribution in [0.5, 0.6) is 23.0 Å². The Morgan fingerprint density at radius 2 is 1.67 bits per heavy atom. The van der Waals surface area contributed by atoms with Crippen LogP contribution < -0.4 is 24.7 Å². The molecule has 0 saturated heterocycles. The maximum Gasteiger partial charge on any atom is 0.231 e. The molecule has 0 atom stereocenters. The molecule has 3 aromatic carbocycles. The summed E-state index contributed by atoms with van der Waals surface area (Å²) >= 11 is 0. The molecule has 5 rings (SSSR count). The van der Waals surface area contributed by atoms with Gasteiger partial charge in [-0.2, -0.15) is 0 Å². The van der Waals surface area contributed by atoms with E-state index >= 15 is 0 Å². The van der Waals surface area contributed by atoms with Crippen LogP contribution in [0, 0.1) is 6.92 Å². The lowest BCUT2D eigenvalue weighted by Crippen LogP contribution is -2.03. The van der Waals surface area contributed by atoms with E-state index in [9.17, 15) is 0 Å². The monoisotopic (exact) mass is 363 g/mol. The lowest BCUT2D eigenvalue weighted by Gasteiger charge is -2.18. The number of ether oxygens (including phenoxy) is 4. The SMILES string of the molecule is Cc1cc2ccc3c(c2c(-c2ccc4c(c2)OCO4)c1CCCN)OCO3. The van der Waals surface area contributed by atoms with Crippen LogP contribution in [0.15, 0.2) is 36.4 Å². The Balaban J connectivity index is 1.83. The van der Waals surface area contributed by atoms with Crippen molar-refractivity contribution in [1.82, 2.24) is 0 Å². The fourth-order valence-corrected chi connectivity index (χ4v) is 4.01. The van der Waals surface area contributed by atoms with Crippen molar-refractivity contribution in [3.05, 3.63) is 47.5 Å². The molecule has 5 heteroatoms. The first-order chi connectivity index (χ1) is 13.3. The van der Waals surface area contributed by atoms with Gasteiger partial charge >= 0.3 is 0 Å². The Morgan fingerprint density at radius 1 is 0.889 bits per heavy atom. The van der Waals surface area contributed by atoms with E-state index in [0.717, 1.165) is 52.2 Å². The summed E-state index contributed by atoms with van der Waals surface area (Å²) < 4.78 is 22.6. The highest BCUT2D eigenvalue weighted by Gasteiger charge is 2.24. The van der Waals surface area contributed by atoms with Crippen molar-refractivity contribution >= 4 is 10.8 Å². The Morgan fingerprint density at radius 3 is 2.56 bits per heavy atom. The van der Waals surface area contributed by atoms with Crippen LogP contribution in [0.1, 0.15) is 17.5 Å². The predicted molar refractivity (Wildman–Crippen MR) is 104 cm³/mol. The van der Waals surface area contributed by atoms with E-state index in [4.69, 9.17) is 24.7 Å². The first-order valence-corrected chi connectivity index (χ1v) is 9.21. The molecule has 0 aliphatic carbocycles. The topological polar surface area (TPSA) is 62.9 Å². The summed E-state index contributed by atoms with van der Waals surface area (Å²) in [5.41, 5.74) is 10.6. The van der Waals surface area contributed by atoms with Gasteiger partial charge < -0.3 is 24.7 Å². The van der Waals surface area contributed by atoms with Crippen molar-refractivity contribution in [3.8, 4) is 34.1 Å². The molecular weight excluding hydrogens is 342 g/mol. The van der Waals surface area contributed by atoms with Crippen LogP contribution in [0.2, 0.25) is 0 Å². The zero-order chi connectivity index (χ0) is 18.4. The third kappa shape index (κ3) is 2.58. The van der Waals surface area contributed by atoms with E-state index in [-0.39, 0.29) is 13.6 Å². The number of fused-ring (bicyclic) bond motifs is 4. The minimum atomic E-state index is 0.251. The molecule has 0 saturated carbocycles. The molecule has 3 aromatic rings. The molecule has 2 aliphatic rings. The first-order valence-electron chi connectivity index (χ1n) is 9.21. The number of rotatable bonds is 4. The van der Waals surface area contributed by atoms with Gasteiger partial charge in [0, 0.05) is 5.39 Å². The number of benzene rings is 3. The molecule has 0 spiro atoms. The number of hydrogen-bond donors (Lipinski definition) is 1. The van der Waals surface area contributed by atoms with Crippen molar-refractivity contribution in [1.29, 1.82) is 0 Å². The van der Waals surface area contributed by atoms with Gasteiger partial charge in [0.1, 0.15) is 0 Å². The summed E-state index contributed by atoms with van der Waals surface area (Å²) in [5, 5.41) is 2.22. The standard InChI is InChI=1S/C22H21NO4/c1-13-9-14-5-7-18-22(27-12-25-18)21(14)20(16(13)3-2-8-23)15-4-6-17-19(10-15)26-11-24-17/h4-7,9-10H,2-3,8,11-12,23H2,1H3. The number of nitrogens with two attached hydrogens (primary N) is 1. The fraction of sp³-hybridized carbons (Fsp3) is 0.273. The van der Waals surface area contributed by atoms with E-state index in [0.29, 0.717) is 6.54 Å². The molecule has 0 fully saturated rings. The van der Waals surface area contributed by atoms with Crippen LogP contribution in [0.3, 0.4) is 0 Å². The third-order valence-electron chi connectivity index (χ3n) is 5.26. The predicted octanol–water partition coefficient (Wildman–Crippen LogP) is 4.16. The Bertz CT molecular complexity index is 1040. The summed E-state index contributed by atoms with van der Waals surface area (Å²) in [6, 6.07) is 12.4. The molecule has 0 aromatic heterocycles. The minimum Gasteiger partial charge on any atom is -0.454 e. The molecule has 5 nitrogen and oxygen atoms in total. The zero-order valence-electron chi connectivity index (χ0n) is 15.2. The lowest BCUT2D eigenvalue weighted by atomic mass is 9.87. The van der Waals surface area contributed by atoms with Crippen LogP contribution in [0.4, 0.5) is 0 Å². The largest absolute Gasteiger partial charge is 0.454 e. The first kappa shape index (κ1) is 16.3. The van der Waals surface area contributed by atoms with Crippen LogP contribution in [-0.2, 0) is 6.42 Å². The second kappa shape index (κ2) is 6.35. The van der Waals surface area contributed by atoms with E-state index in [2.05, 4.69) is 31.2 Å². The smallest absolute Gasteiger partial charge is 0.231 e. The van der Waals surface area contributed by atoms with Crippen molar-refractivity contribution in [2.75, 3.05) is 20.1 Å². The lowest BCUT2D eigenvalue weighted by molar-refractivity contribution is 0.174. The maximum absolute atomic E-state index is 5.86. The summed E-state index contributed by atoms with van der Waals surface area (Å²) in [6.07, 6.45) is 1.84. The molecule has 2 aliphatic heterocycles. The van der Waals surface area contributed by atoms with Crippen LogP contribution in [-0.4, -0.2) is 20.1 Å². The highest BCUT2D eigenvalue weighted by atomic mass is 16.7. The molecule has 0 bridgehead atoms. The number of hydrogen-bond acceptors (Lipinski definition) is 5. The van der Waals surface area contributed by atoms with Crippen LogP contribution >= 0.6 is 0 Å². The van der Waals surface area contributed by atoms with Crippen LogP contribution in [0.25, 0.3) is 21.9 Å². The molecule has 138 valence electrons. The van der Waals surface area contributed by atoms with Gasteiger partial charge in [-0.05, 0) is 72.1 Å². The molecule has 27 heavy (non-hydrogen) atoms. The second-order valence-corrected chi connectivity index (χ2v) is 6.90. The zero-order valence-corrected chi connectivity index (χ0v) is 15.2. The van der Waals surface area contributed by atoms with E-state index in [1.54, 1.807) is 0 Å². The summed E-state index contributed by atoms with van der Waals surface area (Å²) in [4.78, 5) is 0. The Kier molecular flexibility index (Phi) is 3.83. The highest BCUT2D eigenvalue weighted by molar-refractivity contribution is 6.05. The van der Waals surface area contributed by atoms with Gasteiger partial charge in [0.25, 0.3) is 0 Å². The Labute approximate surface area is 157 Å². The second-order valence-electron chi connectivity index (χ2n) is 6.90. The van der Waals surface area contributed by atoms with Crippen molar-refractivity contribution in [2.45, 2.75) is 19.8 Å². The summed E-state index contributed by atoms with van der Waals surface area (Å²) in [5.74, 6) is 3.16. The molecule has 2 N–H and O–H groups in total. The fourth-order valence-electron chi connectivity index (χ4n) is 4.01. The van der Waals surface area contributed by atoms with Gasteiger partial charge in [0.05, 0.1) is 0 Å². The van der Waals surface area contributed by atoms with Crippen molar-refractivity contribution < 1.29 is 18.9 Å². The normalized spacial score (nSPS) is 14.1. The molecule has 0 unspecified atom stereocenters. The molecule has 0 radical (unpaired) electrons. The quantitative estimate of drug-likeness (QED) is 0.754. The van der Waals surface area contributed by atoms with Crippen molar-refractivity contribution in [3.63, 3.8) is 0 Å². The van der Waals surface area contributed by atoms with Gasteiger partial charge in [0.15, 0.2) is 23.0 Å². The minimum absolute atomic E-state index is 0.251. The summed E-state index contributed by atoms with van der Waals surface area (Å²) in [7, 11) is 0. The third-order valence-corrected chi connectivity index (χ3v) is 5.26. The van der Waals surface area contributed by atoms with Gasteiger partial charge in [0.2, 0.25) is 13.6 Å².